The van der Waals surface area contributed by atoms with Gasteiger partial charge in [-0.1, -0.05) is 11.6 Å². The first-order chi connectivity index (χ1) is 13.6. The van der Waals surface area contributed by atoms with Gasteiger partial charge in [-0.2, -0.15) is 0 Å². The van der Waals surface area contributed by atoms with Crippen molar-refractivity contribution in [2.45, 2.75) is 32.7 Å². The van der Waals surface area contributed by atoms with Gasteiger partial charge in [-0.05, 0) is 81.8 Å². The Kier molecular flexibility index (Phi) is 7.59. The molecule has 1 saturated heterocycles. The third kappa shape index (κ3) is 5.63. The molecule has 5 nitrogen and oxygen atoms in total. The van der Waals surface area contributed by atoms with Gasteiger partial charge in [0.15, 0.2) is 5.11 Å². The maximum atomic E-state index is 6.22. The molecule has 0 bridgehead atoms. The smallest absolute Gasteiger partial charge is 0.173 e. The molecule has 7 heteroatoms. The zero-order chi connectivity index (χ0) is 19.9. The molecule has 2 heterocycles. The van der Waals surface area contributed by atoms with Crippen LogP contribution in [0.5, 0.6) is 5.75 Å². The molecule has 0 unspecified atom stereocenters. The van der Waals surface area contributed by atoms with E-state index in [1.807, 2.05) is 31.2 Å². The maximum Gasteiger partial charge on any atom is 0.173 e. The van der Waals surface area contributed by atoms with Gasteiger partial charge in [0.1, 0.15) is 11.5 Å². The third-order valence-electron chi connectivity index (χ3n) is 5.04. The quantitative estimate of drug-likeness (QED) is 0.609. The number of benzene rings is 1. The lowest BCUT2D eigenvalue weighted by molar-refractivity contribution is 0.298. The molecule has 1 fully saturated rings. The van der Waals surface area contributed by atoms with Gasteiger partial charge in [-0.15, -0.1) is 0 Å². The van der Waals surface area contributed by atoms with Crippen molar-refractivity contribution in [3.05, 3.63) is 46.9 Å². The molecule has 152 valence electrons. The summed E-state index contributed by atoms with van der Waals surface area (Å²) >= 11 is 12.0. The summed E-state index contributed by atoms with van der Waals surface area (Å²) in [6, 6.07) is 7.65. The number of furan rings is 1. The van der Waals surface area contributed by atoms with E-state index in [1.165, 1.54) is 25.9 Å². The van der Waals surface area contributed by atoms with E-state index < -0.39 is 0 Å². The Morgan fingerprint density at radius 3 is 2.82 bits per heavy atom. The lowest BCUT2D eigenvalue weighted by Gasteiger charge is -2.27. The van der Waals surface area contributed by atoms with Crippen LogP contribution in [-0.2, 0) is 6.54 Å². The maximum absolute atomic E-state index is 6.22. The van der Waals surface area contributed by atoms with E-state index in [9.17, 15) is 0 Å². The van der Waals surface area contributed by atoms with Gasteiger partial charge in [0, 0.05) is 17.6 Å². The lowest BCUT2D eigenvalue weighted by Crippen LogP contribution is -2.36. The summed E-state index contributed by atoms with van der Waals surface area (Å²) in [5, 5.41) is 4.66. The molecule has 1 aliphatic heterocycles. The number of ether oxygens (including phenoxy) is 1. The molecule has 0 amide bonds. The fourth-order valence-electron chi connectivity index (χ4n) is 3.46. The number of methoxy groups -OCH3 is 1. The van der Waals surface area contributed by atoms with E-state index in [0.717, 1.165) is 36.5 Å². The molecule has 0 radical (unpaired) electrons. The van der Waals surface area contributed by atoms with Crippen molar-refractivity contribution in [1.82, 2.24) is 9.80 Å². The first kappa shape index (κ1) is 21.0. The number of hydrogen-bond acceptors (Lipinski definition) is 4. The molecule has 0 aliphatic carbocycles. The Bertz CT molecular complexity index is 776. The topological polar surface area (TPSA) is 40.9 Å². The van der Waals surface area contributed by atoms with E-state index in [2.05, 4.69) is 15.1 Å². The molecule has 1 aliphatic rings. The van der Waals surface area contributed by atoms with Crippen molar-refractivity contribution in [2.75, 3.05) is 38.6 Å². The Hall–Kier alpha value is -1.76. The number of likely N-dealkylation sites (tertiary alicyclic amines) is 1. The molecule has 0 atom stereocenters. The number of thiocarbonyl (C=S) groups is 1. The highest BCUT2D eigenvalue weighted by Crippen LogP contribution is 2.31. The molecule has 0 saturated carbocycles. The Morgan fingerprint density at radius 1 is 1.36 bits per heavy atom. The largest absolute Gasteiger partial charge is 0.495 e. The van der Waals surface area contributed by atoms with Gasteiger partial charge in [0.25, 0.3) is 0 Å². The molecule has 1 N–H and O–H groups in total. The van der Waals surface area contributed by atoms with E-state index in [4.69, 9.17) is 33.0 Å². The van der Waals surface area contributed by atoms with E-state index in [-0.39, 0.29) is 0 Å². The minimum atomic E-state index is 0.633. The first-order valence-electron chi connectivity index (χ1n) is 9.71. The Labute approximate surface area is 177 Å². The molecule has 28 heavy (non-hydrogen) atoms. The number of nitrogens with one attached hydrogen (secondary N) is 1. The predicted octanol–water partition coefficient (Wildman–Crippen LogP) is 4.93. The molecule has 3 rings (SSSR count). The molecule has 0 spiro atoms. The van der Waals surface area contributed by atoms with E-state index in [1.54, 1.807) is 13.4 Å². The molecular formula is C21H28ClN3O2S. The number of anilines is 1. The van der Waals surface area contributed by atoms with Crippen molar-refractivity contribution in [1.29, 1.82) is 0 Å². The highest BCUT2D eigenvalue weighted by molar-refractivity contribution is 7.80. The van der Waals surface area contributed by atoms with Crippen molar-refractivity contribution in [3.8, 4) is 5.75 Å². The molecular weight excluding hydrogens is 394 g/mol. The minimum absolute atomic E-state index is 0.633. The van der Waals surface area contributed by atoms with Crippen LogP contribution in [0, 0.1) is 6.92 Å². The minimum Gasteiger partial charge on any atom is -0.495 e. The number of halogens is 1. The molecule has 1 aromatic heterocycles. The van der Waals surface area contributed by atoms with Crippen molar-refractivity contribution in [3.63, 3.8) is 0 Å². The first-order valence-corrected chi connectivity index (χ1v) is 10.5. The van der Waals surface area contributed by atoms with Crippen LogP contribution in [0.3, 0.4) is 0 Å². The van der Waals surface area contributed by atoms with Crippen LogP contribution in [-0.4, -0.2) is 48.2 Å². The predicted molar refractivity (Wildman–Crippen MR) is 118 cm³/mol. The Balaban J connectivity index is 1.67. The van der Waals surface area contributed by atoms with Crippen LogP contribution >= 0.6 is 23.8 Å². The second-order valence-electron chi connectivity index (χ2n) is 7.14. The van der Waals surface area contributed by atoms with Crippen molar-refractivity contribution in [2.24, 2.45) is 0 Å². The van der Waals surface area contributed by atoms with Crippen LogP contribution in [0.4, 0.5) is 5.69 Å². The number of hydrogen-bond donors (Lipinski definition) is 1. The summed E-state index contributed by atoms with van der Waals surface area (Å²) in [4.78, 5) is 4.67. The molecule has 2 aromatic rings. The van der Waals surface area contributed by atoms with Crippen LogP contribution in [0.1, 0.15) is 30.6 Å². The van der Waals surface area contributed by atoms with E-state index in [0.29, 0.717) is 22.4 Å². The number of rotatable bonds is 8. The second-order valence-corrected chi connectivity index (χ2v) is 7.93. The van der Waals surface area contributed by atoms with Crippen LogP contribution in [0.15, 0.2) is 34.9 Å². The SMILES string of the molecule is COc1cc(Cl)c(C)cc1NC(=S)N(CCCN1CCCC1)Cc1ccco1. The summed E-state index contributed by atoms with van der Waals surface area (Å²) in [5.41, 5.74) is 1.79. The third-order valence-corrected chi connectivity index (χ3v) is 5.80. The highest BCUT2D eigenvalue weighted by Gasteiger charge is 2.17. The average molecular weight is 422 g/mol. The second kappa shape index (κ2) is 10.1. The number of nitrogens with zero attached hydrogens (tertiary/aromatic N) is 2. The average Bonchev–Trinajstić information content (AvgIpc) is 3.37. The fraction of sp³-hybridized carbons (Fsp3) is 0.476. The summed E-state index contributed by atoms with van der Waals surface area (Å²) in [7, 11) is 1.63. The van der Waals surface area contributed by atoms with Gasteiger partial charge < -0.3 is 24.3 Å². The van der Waals surface area contributed by atoms with Gasteiger partial charge in [0.05, 0.1) is 25.6 Å². The van der Waals surface area contributed by atoms with Crippen molar-refractivity contribution < 1.29 is 9.15 Å². The Morgan fingerprint density at radius 2 is 2.14 bits per heavy atom. The van der Waals surface area contributed by atoms with Crippen LogP contribution in [0.25, 0.3) is 0 Å². The summed E-state index contributed by atoms with van der Waals surface area (Å²) in [5.74, 6) is 1.57. The highest BCUT2D eigenvalue weighted by atomic mass is 35.5. The van der Waals surface area contributed by atoms with Crippen LogP contribution in [0.2, 0.25) is 5.02 Å². The van der Waals surface area contributed by atoms with Gasteiger partial charge >= 0.3 is 0 Å². The summed E-state index contributed by atoms with van der Waals surface area (Å²) < 4.78 is 11.0. The van der Waals surface area contributed by atoms with Gasteiger partial charge in [0.2, 0.25) is 0 Å². The zero-order valence-electron chi connectivity index (χ0n) is 16.5. The summed E-state index contributed by atoms with van der Waals surface area (Å²) in [6.45, 7) is 6.98. The van der Waals surface area contributed by atoms with Crippen LogP contribution < -0.4 is 10.1 Å². The monoisotopic (exact) mass is 421 g/mol. The lowest BCUT2D eigenvalue weighted by atomic mass is 10.2. The zero-order valence-corrected chi connectivity index (χ0v) is 18.1. The van der Waals surface area contributed by atoms with E-state index >= 15 is 0 Å². The van der Waals surface area contributed by atoms with Crippen molar-refractivity contribution >= 4 is 34.6 Å². The molecule has 1 aromatic carbocycles. The summed E-state index contributed by atoms with van der Waals surface area (Å²) in [6.07, 6.45) is 5.37. The fourth-order valence-corrected chi connectivity index (χ4v) is 3.88. The normalized spacial score (nSPS) is 14.2. The number of aryl methyl sites for hydroxylation is 1. The van der Waals surface area contributed by atoms with Gasteiger partial charge in [-0.25, -0.2) is 0 Å². The van der Waals surface area contributed by atoms with Gasteiger partial charge in [-0.3, -0.25) is 0 Å². The standard InChI is InChI=1S/C21H28ClN3O2S/c1-16-13-19(20(26-2)14-18(16)22)23-21(28)25(15-17-7-5-12-27-17)11-6-10-24-8-3-4-9-24/h5,7,12-14H,3-4,6,8-11,15H2,1-2H3,(H,23,28).